The van der Waals surface area contributed by atoms with E-state index in [-0.39, 0.29) is 6.54 Å². The molecule has 1 unspecified atom stereocenters. The standard InChI is InChI=1S/C22H31NO3/c1-3-23(4-2)17-11-12-18-26-21(24)22(25,19-13-7-5-8-14-19)20-15-9-6-10-16-20/h5,7-8,13-14,20,25H,3-4,6,9-10,15-18H2,1-2H3/i5D,7D,8D,13D,14D,18D2,25D. The lowest BCUT2D eigenvalue weighted by Gasteiger charge is -2.36. The Morgan fingerprint density at radius 3 is 2.62 bits per heavy atom. The second-order valence-corrected chi connectivity index (χ2v) is 6.33. The molecule has 1 N–H and O–H groups in total. The van der Waals surface area contributed by atoms with Crippen LogP contribution in [0.5, 0.6) is 0 Å². The number of ether oxygens (including phenoxy) is 1. The molecular formula is C22H31NO3. The molecule has 1 aromatic rings. The van der Waals surface area contributed by atoms with Crippen molar-refractivity contribution in [3.8, 4) is 11.8 Å². The van der Waals surface area contributed by atoms with Crippen molar-refractivity contribution >= 4 is 5.97 Å². The molecule has 26 heavy (non-hydrogen) atoms. The zero-order chi connectivity index (χ0) is 25.7. The van der Waals surface area contributed by atoms with E-state index in [0.29, 0.717) is 38.8 Å². The molecule has 1 aliphatic rings. The molecule has 0 amide bonds. The van der Waals surface area contributed by atoms with Crippen molar-refractivity contribution in [3.63, 3.8) is 0 Å². The topological polar surface area (TPSA) is 49.8 Å². The highest BCUT2D eigenvalue weighted by Gasteiger charge is 2.46. The quantitative estimate of drug-likeness (QED) is 0.567. The minimum Gasteiger partial charge on any atom is -0.450 e. The Bertz CT molecular complexity index is 923. The Morgan fingerprint density at radius 1 is 1.31 bits per heavy atom. The number of carbonyl (C=O) groups is 1. The third kappa shape index (κ3) is 5.09. The molecule has 2 rings (SSSR count). The number of esters is 1. The summed E-state index contributed by atoms with van der Waals surface area (Å²) in [5.74, 6) is 2.85. The van der Waals surface area contributed by atoms with Crippen molar-refractivity contribution in [2.45, 2.75) is 51.6 Å². The predicted octanol–water partition coefficient (Wildman–Crippen LogP) is 3.34. The molecule has 0 bridgehead atoms. The molecule has 142 valence electrons. The lowest BCUT2D eigenvalue weighted by molar-refractivity contribution is -0.174. The van der Waals surface area contributed by atoms with Gasteiger partial charge >= 0.3 is 5.97 Å². The highest BCUT2D eigenvalue weighted by atomic mass is 16.5. The lowest BCUT2D eigenvalue weighted by Crippen LogP contribution is -2.45. The van der Waals surface area contributed by atoms with Crippen LogP contribution >= 0.6 is 0 Å². The smallest absolute Gasteiger partial charge is 0.344 e. The molecule has 4 heteroatoms. The van der Waals surface area contributed by atoms with Gasteiger partial charge in [-0.1, -0.05) is 75.2 Å². The summed E-state index contributed by atoms with van der Waals surface area (Å²) in [7, 11) is 0. The van der Waals surface area contributed by atoms with Crippen molar-refractivity contribution < 1.29 is 24.2 Å². The number of hydrogen-bond donors (Lipinski definition) is 1. The molecular weight excluding hydrogens is 326 g/mol. The van der Waals surface area contributed by atoms with Gasteiger partial charge < -0.3 is 9.85 Å². The molecule has 1 aromatic carbocycles. The number of benzene rings is 1. The van der Waals surface area contributed by atoms with Crippen molar-refractivity contribution in [1.29, 1.82) is 1.43 Å². The maximum Gasteiger partial charge on any atom is 0.344 e. The number of nitrogens with zero attached hydrogens (tertiary/aromatic N) is 1. The van der Waals surface area contributed by atoms with Gasteiger partial charge in [-0.2, -0.15) is 0 Å². The summed E-state index contributed by atoms with van der Waals surface area (Å²) >= 11 is 0. The van der Waals surface area contributed by atoms with E-state index < -0.39 is 59.8 Å². The minimum atomic E-state index is -2.74. The average molecular weight is 366 g/mol. The van der Waals surface area contributed by atoms with Gasteiger partial charge in [0, 0.05) is 5.92 Å². The van der Waals surface area contributed by atoms with Crippen LogP contribution in [0.3, 0.4) is 0 Å². The first-order valence-electron chi connectivity index (χ1n) is 13.0. The normalized spacial score (nSPS) is 22.1. The van der Waals surface area contributed by atoms with Crippen LogP contribution in [-0.2, 0) is 15.1 Å². The lowest BCUT2D eigenvalue weighted by atomic mass is 9.73. The largest absolute Gasteiger partial charge is 0.450 e. The maximum absolute atomic E-state index is 13.5. The first-order valence-corrected chi connectivity index (χ1v) is 9.14. The van der Waals surface area contributed by atoms with Crippen molar-refractivity contribution in [1.82, 2.24) is 4.90 Å². The predicted molar refractivity (Wildman–Crippen MR) is 103 cm³/mol. The van der Waals surface area contributed by atoms with Crippen LogP contribution in [-0.4, -0.2) is 43.6 Å². The van der Waals surface area contributed by atoms with E-state index >= 15 is 0 Å². The second-order valence-electron chi connectivity index (χ2n) is 6.33. The fourth-order valence-electron chi connectivity index (χ4n) is 3.20. The van der Waals surface area contributed by atoms with Gasteiger partial charge in [-0.15, -0.1) is 0 Å². The molecule has 0 spiro atoms. The van der Waals surface area contributed by atoms with Gasteiger partial charge in [-0.25, -0.2) is 4.79 Å². The molecule has 1 aliphatic carbocycles. The van der Waals surface area contributed by atoms with Crippen LogP contribution in [0.1, 0.15) is 61.1 Å². The summed E-state index contributed by atoms with van der Waals surface area (Å²) in [6, 6.07) is -3.37. The molecule has 1 fully saturated rings. The zero-order valence-corrected chi connectivity index (χ0v) is 15.4. The van der Waals surface area contributed by atoms with Crippen molar-refractivity contribution in [2.75, 3.05) is 26.2 Å². The van der Waals surface area contributed by atoms with E-state index in [2.05, 4.69) is 11.8 Å². The Morgan fingerprint density at radius 2 is 2.00 bits per heavy atom. The zero-order valence-electron chi connectivity index (χ0n) is 23.4. The van der Waals surface area contributed by atoms with Crippen LogP contribution in [0.15, 0.2) is 30.2 Å². The monoisotopic (exact) mass is 365 g/mol. The van der Waals surface area contributed by atoms with Gasteiger partial charge in [0.15, 0.2) is 12.2 Å². The van der Waals surface area contributed by atoms with E-state index in [1.54, 1.807) is 0 Å². The van der Waals surface area contributed by atoms with Crippen LogP contribution < -0.4 is 0 Å². The third-order valence-electron chi connectivity index (χ3n) is 4.83. The van der Waals surface area contributed by atoms with Gasteiger partial charge in [0.1, 0.15) is 0 Å². The van der Waals surface area contributed by atoms with E-state index in [1.807, 2.05) is 18.7 Å². The molecule has 1 saturated carbocycles. The van der Waals surface area contributed by atoms with E-state index in [9.17, 15) is 4.79 Å². The molecule has 0 aliphatic heterocycles. The summed E-state index contributed by atoms with van der Waals surface area (Å²) in [5.41, 5.74) is -2.92. The van der Waals surface area contributed by atoms with Gasteiger partial charge in [-0.3, -0.25) is 4.90 Å². The molecule has 1 atom stereocenters. The molecule has 0 radical (unpaired) electrons. The van der Waals surface area contributed by atoms with Gasteiger partial charge in [0.2, 0.25) is 1.43 Å². The Labute approximate surface area is 168 Å². The first kappa shape index (κ1) is 11.8. The van der Waals surface area contributed by atoms with Crippen molar-refractivity contribution in [3.05, 3.63) is 35.8 Å². The van der Waals surface area contributed by atoms with Crippen LogP contribution in [0.25, 0.3) is 0 Å². The SMILES string of the molecule is [2H]OC(C(=O)OC([2H])([2H])C#CCN(CC)CC)(c1c([2H])c([2H])c([2H])c([2H])c1[2H])C1CCCCC1. The van der Waals surface area contributed by atoms with Gasteiger partial charge in [0.25, 0.3) is 0 Å². The van der Waals surface area contributed by atoms with Gasteiger partial charge in [-0.05, 0) is 31.5 Å². The highest BCUT2D eigenvalue weighted by Crippen LogP contribution is 2.40. The van der Waals surface area contributed by atoms with E-state index in [4.69, 9.17) is 20.9 Å². The minimum absolute atomic E-state index is 0.260. The number of rotatable bonds is 8. The number of hydrogen-bond acceptors (Lipinski definition) is 4. The maximum atomic E-state index is 13.5. The van der Waals surface area contributed by atoms with Crippen LogP contribution in [0.2, 0.25) is 0 Å². The molecule has 4 nitrogen and oxygen atoms in total. The number of carbonyl (C=O) groups excluding carboxylic acids is 1. The average Bonchev–Trinajstić information content (AvgIpc) is 2.82. The summed E-state index contributed by atoms with van der Waals surface area (Å²) in [4.78, 5) is 15.5. The van der Waals surface area contributed by atoms with E-state index in [0.717, 1.165) is 6.42 Å². The van der Waals surface area contributed by atoms with Gasteiger partial charge in [0.05, 0.1) is 16.1 Å². The summed E-state index contributed by atoms with van der Waals surface area (Å²) in [5, 5.41) is 4.94. The van der Waals surface area contributed by atoms with Crippen LogP contribution in [0, 0.1) is 17.8 Å². The number of aliphatic hydroxyl groups is 1. The fraction of sp³-hybridized carbons (Fsp3) is 0.591. The summed E-state index contributed by atoms with van der Waals surface area (Å²) in [6.45, 7) is 2.81. The summed E-state index contributed by atoms with van der Waals surface area (Å²) < 4.78 is 69.7. The third-order valence-corrected chi connectivity index (χ3v) is 4.83. The van der Waals surface area contributed by atoms with E-state index in [1.165, 1.54) is 0 Å². The second kappa shape index (κ2) is 10.4. The Hall–Kier alpha value is -1.83. The Balaban J connectivity index is 2.59. The molecule has 0 saturated heterocycles. The first-order chi connectivity index (χ1) is 16.0. The fourth-order valence-corrected chi connectivity index (χ4v) is 3.20. The highest BCUT2D eigenvalue weighted by molar-refractivity contribution is 5.81. The van der Waals surface area contributed by atoms with Crippen molar-refractivity contribution in [2.24, 2.45) is 5.92 Å². The molecule has 0 heterocycles. The Kier molecular flexibility index (Phi) is 4.69. The summed E-state index contributed by atoms with van der Waals surface area (Å²) in [6.07, 6.45) is 2.99. The molecule has 0 aromatic heterocycles. The van der Waals surface area contributed by atoms with Crippen LogP contribution in [0.4, 0.5) is 0 Å².